The van der Waals surface area contributed by atoms with Crippen molar-refractivity contribution in [2.24, 2.45) is 5.73 Å². The molecule has 0 saturated heterocycles. The highest BCUT2D eigenvalue weighted by Crippen LogP contribution is 2.13. The normalized spacial score (nSPS) is 11.5. The number of likely N-dealkylation sites (N-methyl/N-ethyl adjacent to an activating group) is 1. The van der Waals surface area contributed by atoms with Gasteiger partial charge in [-0.05, 0) is 25.5 Å². The van der Waals surface area contributed by atoms with Crippen molar-refractivity contribution in [2.45, 2.75) is 25.9 Å². The monoisotopic (exact) mass is 275 g/mol. The number of hydrogen-bond acceptors (Lipinski definition) is 3. The van der Waals surface area contributed by atoms with Gasteiger partial charge in [-0.2, -0.15) is 5.26 Å². The first-order valence-electron chi connectivity index (χ1n) is 6.37. The summed E-state index contributed by atoms with van der Waals surface area (Å²) in [6, 6.07) is 5.42. The Hall–Kier alpha value is -2.19. The highest BCUT2D eigenvalue weighted by atomic mass is 19.1. The Morgan fingerprint density at radius 2 is 2.35 bits per heavy atom. The van der Waals surface area contributed by atoms with E-state index in [1.807, 2.05) is 6.07 Å². The van der Waals surface area contributed by atoms with E-state index in [9.17, 15) is 9.18 Å². The molecule has 1 rings (SSSR count). The molecule has 4 nitrogen and oxygen atoms in total. The molecule has 0 saturated carbocycles. The van der Waals surface area contributed by atoms with E-state index in [0.717, 1.165) is 6.07 Å². The van der Waals surface area contributed by atoms with Crippen molar-refractivity contribution in [1.82, 2.24) is 4.90 Å². The second kappa shape index (κ2) is 7.41. The third-order valence-electron chi connectivity index (χ3n) is 2.97. The molecule has 20 heavy (non-hydrogen) atoms. The molecular weight excluding hydrogens is 257 g/mol. The maximum Gasteiger partial charge on any atom is 0.240 e. The first-order chi connectivity index (χ1) is 9.53. The number of benzene rings is 1. The Labute approximate surface area is 118 Å². The van der Waals surface area contributed by atoms with Gasteiger partial charge in [0, 0.05) is 18.7 Å². The zero-order valence-corrected chi connectivity index (χ0v) is 11.5. The first-order valence-corrected chi connectivity index (χ1v) is 6.37. The molecule has 0 radical (unpaired) electrons. The van der Waals surface area contributed by atoms with Crippen molar-refractivity contribution >= 4 is 5.91 Å². The van der Waals surface area contributed by atoms with Crippen LogP contribution in [-0.2, 0) is 11.3 Å². The van der Waals surface area contributed by atoms with Gasteiger partial charge >= 0.3 is 0 Å². The minimum Gasteiger partial charge on any atom is -0.337 e. The van der Waals surface area contributed by atoms with Crippen LogP contribution in [0.25, 0.3) is 0 Å². The zero-order chi connectivity index (χ0) is 15.1. The minimum atomic E-state index is -0.658. The number of nitrogens with two attached hydrogens (primary N) is 1. The summed E-state index contributed by atoms with van der Waals surface area (Å²) in [6.45, 7) is 5.92. The van der Waals surface area contributed by atoms with Crippen LogP contribution in [0, 0.1) is 17.1 Å². The van der Waals surface area contributed by atoms with E-state index in [0.29, 0.717) is 18.5 Å². The summed E-state index contributed by atoms with van der Waals surface area (Å²) in [7, 11) is 0. The molecule has 2 N–H and O–H groups in total. The van der Waals surface area contributed by atoms with Crippen LogP contribution in [0.15, 0.2) is 30.9 Å². The number of nitrogens with zero attached hydrogens (tertiary/aromatic N) is 2. The number of amides is 1. The van der Waals surface area contributed by atoms with Gasteiger partial charge in [0.25, 0.3) is 0 Å². The standard InChI is InChI=1S/C15H18FN3O/c1-3-5-14(18)15(20)19(4-2)10-12-7-6-11(9-17)8-13(12)16/h3,6-8,14H,1,4-5,10,18H2,2H3. The van der Waals surface area contributed by atoms with Crippen LogP contribution in [0.3, 0.4) is 0 Å². The lowest BCUT2D eigenvalue weighted by molar-refractivity contribution is -0.132. The van der Waals surface area contributed by atoms with Crippen LogP contribution >= 0.6 is 0 Å². The van der Waals surface area contributed by atoms with Gasteiger partial charge in [0.2, 0.25) is 5.91 Å². The molecule has 0 bridgehead atoms. The average Bonchev–Trinajstić information content (AvgIpc) is 2.45. The molecule has 0 aliphatic heterocycles. The number of nitriles is 1. The first kappa shape index (κ1) is 15.9. The molecule has 1 aromatic carbocycles. The van der Waals surface area contributed by atoms with Gasteiger partial charge < -0.3 is 10.6 Å². The molecule has 0 aliphatic rings. The lowest BCUT2D eigenvalue weighted by atomic mass is 10.1. The van der Waals surface area contributed by atoms with Gasteiger partial charge in [-0.3, -0.25) is 4.79 Å². The van der Waals surface area contributed by atoms with E-state index in [2.05, 4.69) is 6.58 Å². The highest BCUT2D eigenvalue weighted by Gasteiger charge is 2.20. The fourth-order valence-corrected chi connectivity index (χ4v) is 1.81. The summed E-state index contributed by atoms with van der Waals surface area (Å²) in [4.78, 5) is 13.6. The van der Waals surface area contributed by atoms with E-state index in [4.69, 9.17) is 11.0 Å². The summed E-state index contributed by atoms with van der Waals surface area (Å²) < 4.78 is 13.8. The SMILES string of the molecule is C=CCC(N)C(=O)N(CC)Cc1ccc(C#N)cc1F. The topological polar surface area (TPSA) is 70.1 Å². The molecule has 106 valence electrons. The van der Waals surface area contributed by atoms with Gasteiger partial charge in [-0.1, -0.05) is 12.1 Å². The fourth-order valence-electron chi connectivity index (χ4n) is 1.81. The largest absolute Gasteiger partial charge is 0.337 e. The van der Waals surface area contributed by atoms with Gasteiger partial charge in [0.15, 0.2) is 0 Å². The Kier molecular flexibility index (Phi) is 5.88. The van der Waals surface area contributed by atoms with Crippen molar-refractivity contribution in [3.05, 3.63) is 47.8 Å². The number of rotatable bonds is 6. The minimum absolute atomic E-state index is 0.137. The molecule has 5 heteroatoms. The lowest BCUT2D eigenvalue weighted by Crippen LogP contribution is -2.43. The van der Waals surface area contributed by atoms with Crippen molar-refractivity contribution in [2.75, 3.05) is 6.54 Å². The van der Waals surface area contributed by atoms with E-state index < -0.39 is 11.9 Å². The summed E-state index contributed by atoms with van der Waals surface area (Å²) in [6.07, 6.45) is 1.96. The van der Waals surface area contributed by atoms with Crippen LogP contribution in [0.5, 0.6) is 0 Å². The summed E-state index contributed by atoms with van der Waals surface area (Å²) >= 11 is 0. The Morgan fingerprint density at radius 1 is 1.65 bits per heavy atom. The number of hydrogen-bond donors (Lipinski definition) is 1. The van der Waals surface area contributed by atoms with Gasteiger partial charge in [0.05, 0.1) is 17.7 Å². The van der Waals surface area contributed by atoms with E-state index in [-0.39, 0.29) is 18.0 Å². The molecule has 0 fully saturated rings. The van der Waals surface area contributed by atoms with Crippen LogP contribution in [0.4, 0.5) is 4.39 Å². The van der Waals surface area contributed by atoms with Crippen LogP contribution in [0.1, 0.15) is 24.5 Å². The molecule has 1 unspecified atom stereocenters. The van der Waals surface area contributed by atoms with Crippen LogP contribution in [0.2, 0.25) is 0 Å². The van der Waals surface area contributed by atoms with Crippen molar-refractivity contribution in [3.63, 3.8) is 0 Å². The lowest BCUT2D eigenvalue weighted by Gasteiger charge is -2.24. The van der Waals surface area contributed by atoms with Crippen molar-refractivity contribution in [1.29, 1.82) is 5.26 Å². The van der Waals surface area contributed by atoms with Crippen molar-refractivity contribution < 1.29 is 9.18 Å². The smallest absolute Gasteiger partial charge is 0.240 e. The Morgan fingerprint density at radius 3 is 2.85 bits per heavy atom. The molecule has 0 spiro atoms. The fraction of sp³-hybridized carbons (Fsp3) is 0.333. The third-order valence-corrected chi connectivity index (χ3v) is 2.97. The second-order valence-corrected chi connectivity index (χ2v) is 4.40. The molecule has 0 aliphatic carbocycles. The molecule has 1 amide bonds. The molecule has 1 aromatic rings. The van der Waals surface area contributed by atoms with E-state index >= 15 is 0 Å². The number of carbonyl (C=O) groups excluding carboxylic acids is 1. The quantitative estimate of drug-likeness (QED) is 0.807. The number of carbonyl (C=O) groups is 1. The van der Waals surface area contributed by atoms with E-state index in [1.165, 1.54) is 17.0 Å². The number of halogens is 1. The predicted molar refractivity (Wildman–Crippen MR) is 75.0 cm³/mol. The average molecular weight is 275 g/mol. The van der Waals surface area contributed by atoms with Gasteiger partial charge in [-0.25, -0.2) is 4.39 Å². The Balaban J connectivity index is 2.86. The van der Waals surface area contributed by atoms with Crippen LogP contribution < -0.4 is 5.73 Å². The maximum absolute atomic E-state index is 13.8. The van der Waals surface area contributed by atoms with E-state index in [1.54, 1.807) is 13.0 Å². The molecular formula is C15H18FN3O. The predicted octanol–water partition coefficient (Wildman–Crippen LogP) is 1.95. The second-order valence-electron chi connectivity index (χ2n) is 4.40. The summed E-state index contributed by atoms with van der Waals surface area (Å²) in [5, 5.41) is 8.69. The van der Waals surface area contributed by atoms with Crippen LogP contribution in [-0.4, -0.2) is 23.4 Å². The molecule has 1 atom stereocenters. The summed E-state index contributed by atoms with van der Waals surface area (Å²) in [5.41, 5.74) is 6.36. The third kappa shape index (κ3) is 3.90. The van der Waals surface area contributed by atoms with Crippen molar-refractivity contribution in [3.8, 4) is 6.07 Å². The maximum atomic E-state index is 13.8. The van der Waals surface area contributed by atoms with Gasteiger partial charge in [0.1, 0.15) is 5.82 Å². The summed E-state index contributed by atoms with van der Waals surface area (Å²) in [5.74, 6) is -0.733. The zero-order valence-electron chi connectivity index (χ0n) is 11.5. The molecule has 0 heterocycles. The highest BCUT2D eigenvalue weighted by molar-refractivity contribution is 5.81. The van der Waals surface area contributed by atoms with Gasteiger partial charge in [-0.15, -0.1) is 6.58 Å². The molecule has 0 aromatic heterocycles. The Bertz CT molecular complexity index is 536.